The highest BCUT2D eigenvalue weighted by molar-refractivity contribution is 6.03. The SMILES string of the molecule is Cc1cc(N(C)c2ccccc2)c(/C(N)=N/O)c(C)n1. The van der Waals surface area contributed by atoms with Crippen molar-refractivity contribution in [2.24, 2.45) is 10.9 Å². The van der Waals surface area contributed by atoms with Crippen LogP contribution in [0.4, 0.5) is 11.4 Å². The highest BCUT2D eigenvalue weighted by Crippen LogP contribution is 2.28. The Labute approximate surface area is 118 Å². The average Bonchev–Trinajstić information content (AvgIpc) is 2.46. The van der Waals surface area contributed by atoms with Gasteiger partial charge in [0.1, 0.15) is 0 Å². The molecule has 1 heterocycles. The summed E-state index contributed by atoms with van der Waals surface area (Å²) in [5, 5.41) is 12.1. The first kappa shape index (κ1) is 13.9. The number of aromatic nitrogens is 1. The molecule has 0 saturated heterocycles. The molecule has 0 spiro atoms. The van der Waals surface area contributed by atoms with E-state index in [1.165, 1.54) is 0 Å². The lowest BCUT2D eigenvalue weighted by Crippen LogP contribution is -2.22. The molecule has 0 aliphatic rings. The molecule has 0 unspecified atom stereocenters. The van der Waals surface area contributed by atoms with E-state index < -0.39 is 0 Å². The van der Waals surface area contributed by atoms with Crippen LogP contribution in [0.2, 0.25) is 0 Å². The van der Waals surface area contributed by atoms with E-state index in [1.54, 1.807) is 0 Å². The quantitative estimate of drug-likeness (QED) is 0.389. The van der Waals surface area contributed by atoms with Gasteiger partial charge >= 0.3 is 0 Å². The lowest BCUT2D eigenvalue weighted by atomic mass is 10.1. The van der Waals surface area contributed by atoms with Crippen molar-refractivity contribution in [3.8, 4) is 0 Å². The predicted octanol–water partition coefficient (Wildman–Crippen LogP) is 2.56. The Balaban J connectivity index is 2.61. The fourth-order valence-electron chi connectivity index (χ4n) is 2.23. The summed E-state index contributed by atoms with van der Waals surface area (Å²) in [7, 11) is 1.94. The third-order valence-electron chi connectivity index (χ3n) is 3.18. The van der Waals surface area contributed by atoms with Crippen molar-refractivity contribution >= 4 is 17.2 Å². The van der Waals surface area contributed by atoms with Crippen LogP contribution in [0.3, 0.4) is 0 Å². The Kier molecular flexibility index (Phi) is 3.89. The molecule has 5 nitrogen and oxygen atoms in total. The Morgan fingerprint density at radius 1 is 1.25 bits per heavy atom. The third kappa shape index (κ3) is 2.56. The van der Waals surface area contributed by atoms with Gasteiger partial charge in [-0.1, -0.05) is 23.4 Å². The smallest absolute Gasteiger partial charge is 0.174 e. The van der Waals surface area contributed by atoms with E-state index in [-0.39, 0.29) is 5.84 Å². The molecule has 5 heteroatoms. The molecule has 2 rings (SSSR count). The summed E-state index contributed by atoms with van der Waals surface area (Å²) in [4.78, 5) is 6.38. The van der Waals surface area contributed by atoms with E-state index in [4.69, 9.17) is 10.9 Å². The van der Waals surface area contributed by atoms with Crippen molar-refractivity contribution < 1.29 is 5.21 Å². The number of hydrogen-bond donors (Lipinski definition) is 2. The van der Waals surface area contributed by atoms with Crippen molar-refractivity contribution in [3.63, 3.8) is 0 Å². The highest BCUT2D eigenvalue weighted by Gasteiger charge is 2.16. The predicted molar refractivity (Wildman–Crippen MR) is 80.7 cm³/mol. The van der Waals surface area contributed by atoms with Crippen LogP contribution in [0.25, 0.3) is 0 Å². The van der Waals surface area contributed by atoms with Crippen LogP contribution in [0.15, 0.2) is 41.6 Å². The topological polar surface area (TPSA) is 74.7 Å². The molecular weight excluding hydrogens is 252 g/mol. The van der Waals surface area contributed by atoms with Gasteiger partial charge in [-0.2, -0.15) is 0 Å². The van der Waals surface area contributed by atoms with Gasteiger partial charge in [0, 0.05) is 18.4 Å². The zero-order valence-corrected chi connectivity index (χ0v) is 11.8. The van der Waals surface area contributed by atoms with E-state index in [2.05, 4.69) is 10.1 Å². The summed E-state index contributed by atoms with van der Waals surface area (Å²) in [6, 6.07) is 11.8. The Morgan fingerprint density at radius 3 is 2.50 bits per heavy atom. The Morgan fingerprint density at radius 2 is 1.90 bits per heavy atom. The number of hydrogen-bond acceptors (Lipinski definition) is 4. The fourth-order valence-corrected chi connectivity index (χ4v) is 2.23. The normalized spacial score (nSPS) is 11.4. The van der Waals surface area contributed by atoms with E-state index in [0.29, 0.717) is 5.56 Å². The number of benzene rings is 1. The molecule has 3 N–H and O–H groups in total. The van der Waals surface area contributed by atoms with Gasteiger partial charge in [0.05, 0.1) is 16.9 Å². The molecule has 0 amide bonds. The molecule has 0 fully saturated rings. The van der Waals surface area contributed by atoms with Crippen molar-refractivity contribution in [3.05, 3.63) is 53.3 Å². The van der Waals surface area contributed by atoms with E-state index in [1.807, 2.05) is 62.2 Å². The van der Waals surface area contributed by atoms with Crippen LogP contribution in [0, 0.1) is 13.8 Å². The van der Waals surface area contributed by atoms with Gasteiger partial charge in [0.15, 0.2) is 5.84 Å². The number of anilines is 2. The zero-order valence-electron chi connectivity index (χ0n) is 11.8. The molecule has 1 aromatic carbocycles. The van der Waals surface area contributed by atoms with Crippen LogP contribution >= 0.6 is 0 Å². The molecule has 2 aromatic rings. The second kappa shape index (κ2) is 5.61. The average molecular weight is 270 g/mol. The number of oxime groups is 1. The minimum atomic E-state index is 0.0628. The summed E-state index contributed by atoms with van der Waals surface area (Å²) in [5.41, 5.74) is 9.93. The highest BCUT2D eigenvalue weighted by atomic mass is 16.4. The largest absolute Gasteiger partial charge is 0.409 e. The van der Waals surface area contributed by atoms with Crippen LogP contribution in [0.5, 0.6) is 0 Å². The minimum absolute atomic E-state index is 0.0628. The van der Waals surface area contributed by atoms with Crippen molar-refractivity contribution in [1.29, 1.82) is 0 Å². The number of pyridine rings is 1. The third-order valence-corrected chi connectivity index (χ3v) is 3.18. The second-order valence-corrected chi connectivity index (χ2v) is 4.62. The monoisotopic (exact) mass is 270 g/mol. The fraction of sp³-hybridized carbons (Fsp3) is 0.200. The van der Waals surface area contributed by atoms with E-state index >= 15 is 0 Å². The second-order valence-electron chi connectivity index (χ2n) is 4.62. The summed E-state index contributed by atoms with van der Waals surface area (Å²) >= 11 is 0. The summed E-state index contributed by atoms with van der Waals surface area (Å²) in [6.45, 7) is 3.77. The molecule has 104 valence electrons. The van der Waals surface area contributed by atoms with Gasteiger partial charge in [-0.3, -0.25) is 4.98 Å². The van der Waals surface area contributed by atoms with E-state index in [9.17, 15) is 0 Å². The first-order valence-electron chi connectivity index (χ1n) is 6.29. The van der Waals surface area contributed by atoms with Crippen molar-refractivity contribution in [1.82, 2.24) is 4.98 Å². The summed E-state index contributed by atoms with van der Waals surface area (Å²) in [5.74, 6) is 0.0628. The molecule has 20 heavy (non-hydrogen) atoms. The van der Waals surface area contributed by atoms with Crippen molar-refractivity contribution in [2.75, 3.05) is 11.9 Å². The van der Waals surface area contributed by atoms with Crippen LogP contribution in [-0.4, -0.2) is 23.1 Å². The maximum atomic E-state index is 8.98. The molecule has 0 radical (unpaired) electrons. The van der Waals surface area contributed by atoms with Crippen LogP contribution in [0.1, 0.15) is 17.0 Å². The molecule has 0 bridgehead atoms. The Hall–Kier alpha value is -2.56. The standard InChI is InChI=1S/C15H18N4O/c1-10-9-13(14(11(2)17-10)15(16)18-20)19(3)12-7-5-4-6-8-12/h4-9,20H,1-3H3,(H2,16,18). The molecular formula is C15H18N4O. The van der Waals surface area contributed by atoms with Crippen LogP contribution < -0.4 is 10.6 Å². The van der Waals surface area contributed by atoms with E-state index in [0.717, 1.165) is 22.8 Å². The van der Waals surface area contributed by atoms with Gasteiger partial charge < -0.3 is 15.8 Å². The number of nitrogens with zero attached hydrogens (tertiary/aromatic N) is 3. The number of rotatable bonds is 3. The molecule has 0 saturated carbocycles. The Bertz CT molecular complexity index is 638. The molecule has 0 aliphatic heterocycles. The van der Waals surface area contributed by atoms with Gasteiger partial charge in [-0.15, -0.1) is 0 Å². The number of para-hydroxylation sites is 1. The molecule has 0 atom stereocenters. The maximum Gasteiger partial charge on any atom is 0.174 e. The lowest BCUT2D eigenvalue weighted by molar-refractivity contribution is 0.318. The van der Waals surface area contributed by atoms with Gasteiger partial charge in [-0.25, -0.2) is 0 Å². The van der Waals surface area contributed by atoms with Crippen molar-refractivity contribution in [2.45, 2.75) is 13.8 Å². The van der Waals surface area contributed by atoms with Crippen LogP contribution in [-0.2, 0) is 0 Å². The first-order valence-corrected chi connectivity index (χ1v) is 6.29. The number of nitrogens with two attached hydrogens (primary N) is 1. The minimum Gasteiger partial charge on any atom is -0.409 e. The molecule has 0 aliphatic carbocycles. The maximum absolute atomic E-state index is 8.98. The lowest BCUT2D eigenvalue weighted by Gasteiger charge is -2.23. The number of amidine groups is 1. The van der Waals surface area contributed by atoms with Gasteiger partial charge in [0.2, 0.25) is 0 Å². The van der Waals surface area contributed by atoms with Gasteiger partial charge in [0.25, 0.3) is 0 Å². The summed E-state index contributed by atoms with van der Waals surface area (Å²) < 4.78 is 0. The number of aryl methyl sites for hydroxylation is 2. The first-order chi connectivity index (χ1) is 9.54. The molecule has 1 aromatic heterocycles. The zero-order chi connectivity index (χ0) is 14.7. The summed E-state index contributed by atoms with van der Waals surface area (Å²) in [6.07, 6.45) is 0. The van der Waals surface area contributed by atoms with Gasteiger partial charge in [-0.05, 0) is 32.0 Å².